The lowest BCUT2D eigenvalue weighted by atomic mass is 9.92. The van der Waals surface area contributed by atoms with Crippen LogP contribution in [0.15, 0.2) is 0 Å². The van der Waals surface area contributed by atoms with E-state index in [2.05, 4.69) is 10.6 Å². The summed E-state index contributed by atoms with van der Waals surface area (Å²) in [5, 5.41) is 15.7. The lowest BCUT2D eigenvalue weighted by Crippen LogP contribution is -2.43. The van der Waals surface area contributed by atoms with Crippen LogP contribution < -0.4 is 10.6 Å². The first-order valence-corrected chi connectivity index (χ1v) is 5.95. The molecule has 2 fully saturated rings. The van der Waals surface area contributed by atoms with Crippen molar-refractivity contribution in [3.63, 3.8) is 0 Å². The summed E-state index contributed by atoms with van der Waals surface area (Å²) in [4.78, 5) is 11.8. The molecule has 3 atom stereocenters. The molecular formula is C11H20N2O2. The Bertz CT molecular complexity index is 227. The van der Waals surface area contributed by atoms with Crippen LogP contribution in [-0.2, 0) is 4.79 Å². The van der Waals surface area contributed by atoms with Gasteiger partial charge >= 0.3 is 0 Å². The molecule has 1 saturated carbocycles. The minimum Gasteiger partial charge on any atom is -0.393 e. The first-order valence-electron chi connectivity index (χ1n) is 5.95. The molecule has 0 aromatic rings. The summed E-state index contributed by atoms with van der Waals surface area (Å²) < 4.78 is 0. The highest BCUT2D eigenvalue weighted by Gasteiger charge is 2.26. The molecule has 1 aliphatic heterocycles. The highest BCUT2D eigenvalue weighted by molar-refractivity contribution is 5.79. The SMILES string of the molecule is O=C(N[C@H]1CCC[C@@H](O)C1)[C@H]1CCNC1. The number of rotatable bonds is 2. The Kier molecular flexibility index (Phi) is 3.59. The fraction of sp³-hybridized carbons (Fsp3) is 0.909. The van der Waals surface area contributed by atoms with Crippen molar-refractivity contribution >= 4 is 5.91 Å². The van der Waals surface area contributed by atoms with E-state index in [1.807, 2.05) is 0 Å². The Morgan fingerprint density at radius 1 is 1.33 bits per heavy atom. The number of hydrogen-bond donors (Lipinski definition) is 3. The summed E-state index contributed by atoms with van der Waals surface area (Å²) >= 11 is 0. The number of aliphatic hydroxyl groups is 1. The lowest BCUT2D eigenvalue weighted by Gasteiger charge is -2.27. The quantitative estimate of drug-likeness (QED) is 0.604. The molecule has 15 heavy (non-hydrogen) atoms. The van der Waals surface area contributed by atoms with Gasteiger partial charge in [-0.15, -0.1) is 0 Å². The molecule has 0 aromatic carbocycles. The maximum atomic E-state index is 11.8. The van der Waals surface area contributed by atoms with Crippen molar-refractivity contribution in [3.8, 4) is 0 Å². The summed E-state index contributed by atoms with van der Waals surface area (Å²) in [5.41, 5.74) is 0. The van der Waals surface area contributed by atoms with Gasteiger partial charge in [0.25, 0.3) is 0 Å². The molecule has 1 heterocycles. The number of hydrogen-bond acceptors (Lipinski definition) is 3. The summed E-state index contributed by atoms with van der Waals surface area (Å²) in [7, 11) is 0. The smallest absolute Gasteiger partial charge is 0.224 e. The van der Waals surface area contributed by atoms with Gasteiger partial charge in [-0.05, 0) is 38.6 Å². The van der Waals surface area contributed by atoms with Gasteiger partial charge in [-0.2, -0.15) is 0 Å². The standard InChI is InChI=1S/C11H20N2O2/c14-10-3-1-2-9(6-10)13-11(15)8-4-5-12-7-8/h8-10,12,14H,1-7H2,(H,13,15)/t8-,9-,10+/m0/s1. The normalized spacial score (nSPS) is 36.5. The van der Waals surface area contributed by atoms with E-state index in [-0.39, 0.29) is 24.0 Å². The highest BCUT2D eigenvalue weighted by Crippen LogP contribution is 2.19. The molecule has 2 rings (SSSR count). The maximum Gasteiger partial charge on any atom is 0.224 e. The maximum absolute atomic E-state index is 11.8. The van der Waals surface area contributed by atoms with Crippen molar-refractivity contribution in [3.05, 3.63) is 0 Å². The van der Waals surface area contributed by atoms with E-state index in [0.29, 0.717) is 0 Å². The molecule has 0 spiro atoms. The molecule has 3 N–H and O–H groups in total. The molecular weight excluding hydrogens is 192 g/mol. The van der Waals surface area contributed by atoms with E-state index < -0.39 is 0 Å². The minimum atomic E-state index is -0.217. The van der Waals surface area contributed by atoms with Gasteiger partial charge in [-0.3, -0.25) is 4.79 Å². The van der Waals surface area contributed by atoms with E-state index in [1.165, 1.54) is 0 Å². The third kappa shape index (κ3) is 2.92. The van der Waals surface area contributed by atoms with Crippen LogP contribution in [0.5, 0.6) is 0 Å². The first-order chi connectivity index (χ1) is 7.25. The second-order valence-corrected chi connectivity index (χ2v) is 4.72. The zero-order valence-corrected chi connectivity index (χ0v) is 9.04. The monoisotopic (exact) mass is 212 g/mol. The van der Waals surface area contributed by atoms with E-state index in [4.69, 9.17) is 0 Å². The van der Waals surface area contributed by atoms with Gasteiger partial charge < -0.3 is 15.7 Å². The van der Waals surface area contributed by atoms with Crippen LogP contribution in [0.3, 0.4) is 0 Å². The van der Waals surface area contributed by atoms with Crippen LogP contribution in [0.2, 0.25) is 0 Å². The predicted molar refractivity (Wildman–Crippen MR) is 57.4 cm³/mol. The van der Waals surface area contributed by atoms with Gasteiger partial charge in [0.15, 0.2) is 0 Å². The molecule has 4 nitrogen and oxygen atoms in total. The van der Waals surface area contributed by atoms with Gasteiger partial charge in [-0.25, -0.2) is 0 Å². The average molecular weight is 212 g/mol. The molecule has 1 amide bonds. The van der Waals surface area contributed by atoms with Crippen LogP contribution in [0.1, 0.15) is 32.1 Å². The summed E-state index contributed by atoms with van der Waals surface area (Å²) in [6.07, 6.45) is 4.38. The fourth-order valence-corrected chi connectivity index (χ4v) is 2.49. The Morgan fingerprint density at radius 3 is 2.87 bits per heavy atom. The molecule has 86 valence electrons. The Balaban J connectivity index is 1.77. The van der Waals surface area contributed by atoms with Crippen molar-refractivity contribution in [1.82, 2.24) is 10.6 Å². The predicted octanol–water partition coefficient (Wildman–Crippen LogP) is 0.0156. The second-order valence-electron chi connectivity index (χ2n) is 4.72. The van der Waals surface area contributed by atoms with Crippen LogP contribution in [0, 0.1) is 5.92 Å². The van der Waals surface area contributed by atoms with Crippen LogP contribution in [0.25, 0.3) is 0 Å². The average Bonchev–Trinajstić information content (AvgIpc) is 2.70. The van der Waals surface area contributed by atoms with Crippen LogP contribution in [0.4, 0.5) is 0 Å². The van der Waals surface area contributed by atoms with Crippen molar-refractivity contribution in [2.24, 2.45) is 5.92 Å². The molecule has 0 bridgehead atoms. The van der Waals surface area contributed by atoms with Gasteiger partial charge in [0, 0.05) is 12.6 Å². The zero-order chi connectivity index (χ0) is 10.7. The van der Waals surface area contributed by atoms with Crippen molar-refractivity contribution in [1.29, 1.82) is 0 Å². The van der Waals surface area contributed by atoms with Crippen molar-refractivity contribution in [2.45, 2.75) is 44.2 Å². The summed E-state index contributed by atoms with van der Waals surface area (Å²) in [6.45, 7) is 1.76. The second kappa shape index (κ2) is 4.94. The van der Waals surface area contributed by atoms with Gasteiger partial charge in [0.1, 0.15) is 0 Å². The molecule has 1 saturated heterocycles. The third-order valence-electron chi connectivity index (χ3n) is 3.42. The van der Waals surface area contributed by atoms with Crippen molar-refractivity contribution in [2.75, 3.05) is 13.1 Å². The topological polar surface area (TPSA) is 61.4 Å². The van der Waals surface area contributed by atoms with E-state index in [0.717, 1.165) is 45.2 Å². The highest BCUT2D eigenvalue weighted by atomic mass is 16.3. The molecule has 0 unspecified atom stereocenters. The molecule has 0 aromatic heterocycles. The third-order valence-corrected chi connectivity index (χ3v) is 3.42. The van der Waals surface area contributed by atoms with E-state index >= 15 is 0 Å². The first kappa shape index (κ1) is 10.9. The molecule has 2 aliphatic rings. The lowest BCUT2D eigenvalue weighted by molar-refractivity contribution is -0.125. The number of carbonyl (C=O) groups excluding carboxylic acids is 1. The summed E-state index contributed by atoms with van der Waals surface area (Å²) in [5.74, 6) is 0.308. The molecule has 4 heteroatoms. The number of nitrogens with one attached hydrogen (secondary N) is 2. The van der Waals surface area contributed by atoms with Gasteiger partial charge in [-0.1, -0.05) is 0 Å². The Hall–Kier alpha value is -0.610. The minimum absolute atomic E-state index is 0.143. The number of aliphatic hydroxyl groups excluding tert-OH is 1. The number of amides is 1. The Labute approximate surface area is 90.4 Å². The molecule has 1 aliphatic carbocycles. The Morgan fingerprint density at radius 2 is 2.20 bits per heavy atom. The van der Waals surface area contributed by atoms with E-state index in [1.54, 1.807) is 0 Å². The summed E-state index contributed by atoms with van der Waals surface area (Å²) in [6, 6.07) is 0.196. The number of carbonyl (C=O) groups is 1. The van der Waals surface area contributed by atoms with Crippen molar-refractivity contribution < 1.29 is 9.90 Å². The van der Waals surface area contributed by atoms with E-state index in [9.17, 15) is 9.90 Å². The van der Waals surface area contributed by atoms with Gasteiger partial charge in [0.05, 0.1) is 12.0 Å². The fourth-order valence-electron chi connectivity index (χ4n) is 2.49. The van der Waals surface area contributed by atoms with Crippen LogP contribution in [-0.4, -0.2) is 36.2 Å². The largest absolute Gasteiger partial charge is 0.393 e. The molecule has 0 radical (unpaired) electrons. The zero-order valence-electron chi connectivity index (χ0n) is 9.04. The van der Waals surface area contributed by atoms with Crippen LogP contribution >= 0.6 is 0 Å². The van der Waals surface area contributed by atoms with Gasteiger partial charge in [0.2, 0.25) is 5.91 Å².